The molecule has 5 N–H and O–H groups in total. The quantitative estimate of drug-likeness (QED) is 0.743. The number of hydrogen-bond acceptors (Lipinski definition) is 3. The molecule has 0 saturated carbocycles. The van der Waals surface area contributed by atoms with Crippen molar-refractivity contribution in [2.45, 2.75) is 33.6 Å². The second-order valence-corrected chi connectivity index (χ2v) is 6.49. The maximum atomic E-state index is 12.4. The summed E-state index contributed by atoms with van der Waals surface area (Å²) in [6.45, 7) is 6.51. The van der Waals surface area contributed by atoms with E-state index in [-0.39, 0.29) is 23.7 Å². The normalized spacial score (nSPS) is 12.8. The number of nitrogens with two attached hydrogens (primary N) is 2. The summed E-state index contributed by atoms with van der Waals surface area (Å²) in [5, 5.41) is 2.86. The van der Waals surface area contributed by atoms with E-state index in [1.165, 1.54) is 0 Å². The predicted molar refractivity (Wildman–Crippen MR) is 84.6 cm³/mol. The summed E-state index contributed by atoms with van der Waals surface area (Å²) in [5.41, 5.74) is 12.3. The summed E-state index contributed by atoms with van der Waals surface area (Å²) in [7, 11) is 0. The van der Waals surface area contributed by atoms with E-state index in [2.05, 4.69) is 26.1 Å². The fraction of sp³-hybridized carbons (Fsp3) is 0.500. The number of nitrogens with one attached hydrogen (secondary N) is 1. The van der Waals surface area contributed by atoms with Crippen LogP contribution in [-0.4, -0.2) is 18.4 Å². The van der Waals surface area contributed by atoms with Crippen LogP contribution in [0.2, 0.25) is 0 Å². The van der Waals surface area contributed by atoms with Crippen molar-refractivity contribution in [1.82, 2.24) is 0 Å². The van der Waals surface area contributed by atoms with Crippen LogP contribution in [0.25, 0.3) is 0 Å². The lowest BCUT2D eigenvalue weighted by Crippen LogP contribution is -2.32. The fourth-order valence-electron chi connectivity index (χ4n) is 2.24. The number of para-hydroxylation sites is 1. The summed E-state index contributed by atoms with van der Waals surface area (Å²) in [4.78, 5) is 23.4. The second-order valence-electron chi connectivity index (χ2n) is 6.49. The molecular formula is C16H25N3O2. The average molecular weight is 291 g/mol. The molecule has 2 amide bonds. The Morgan fingerprint density at radius 3 is 2.38 bits per heavy atom. The fourth-order valence-corrected chi connectivity index (χ4v) is 2.24. The molecule has 5 heteroatoms. The molecule has 0 spiro atoms. The van der Waals surface area contributed by atoms with Crippen molar-refractivity contribution in [3.8, 4) is 0 Å². The zero-order valence-corrected chi connectivity index (χ0v) is 13.0. The van der Waals surface area contributed by atoms with Crippen molar-refractivity contribution in [1.29, 1.82) is 0 Å². The Labute approximate surface area is 126 Å². The largest absolute Gasteiger partial charge is 0.369 e. The number of primary amides is 1. The molecule has 0 radical (unpaired) electrons. The van der Waals surface area contributed by atoms with Gasteiger partial charge in [-0.25, -0.2) is 0 Å². The average Bonchev–Trinajstić information content (AvgIpc) is 2.36. The maximum absolute atomic E-state index is 12.4. The van der Waals surface area contributed by atoms with E-state index in [0.29, 0.717) is 24.2 Å². The molecule has 21 heavy (non-hydrogen) atoms. The number of rotatable bonds is 6. The molecule has 1 atom stereocenters. The van der Waals surface area contributed by atoms with Gasteiger partial charge < -0.3 is 16.8 Å². The van der Waals surface area contributed by atoms with Crippen LogP contribution in [0.5, 0.6) is 0 Å². The van der Waals surface area contributed by atoms with Crippen LogP contribution in [0.4, 0.5) is 5.69 Å². The third-order valence-corrected chi connectivity index (χ3v) is 3.15. The van der Waals surface area contributed by atoms with Crippen LogP contribution in [-0.2, 0) is 16.0 Å². The van der Waals surface area contributed by atoms with Crippen LogP contribution in [0.15, 0.2) is 24.3 Å². The zero-order valence-electron chi connectivity index (χ0n) is 13.0. The lowest BCUT2D eigenvalue weighted by Gasteiger charge is -2.24. The van der Waals surface area contributed by atoms with Crippen LogP contribution in [0.3, 0.4) is 0 Å². The molecule has 0 bridgehead atoms. The van der Waals surface area contributed by atoms with Gasteiger partial charge in [-0.05, 0) is 23.5 Å². The van der Waals surface area contributed by atoms with Gasteiger partial charge in [0, 0.05) is 12.2 Å². The monoisotopic (exact) mass is 291 g/mol. The minimum absolute atomic E-state index is 0.0219. The molecule has 0 saturated heterocycles. The summed E-state index contributed by atoms with van der Waals surface area (Å²) in [6, 6.07) is 7.16. The maximum Gasteiger partial charge on any atom is 0.228 e. The molecule has 0 aliphatic rings. The molecule has 1 unspecified atom stereocenters. The number of amides is 2. The number of benzene rings is 1. The Kier molecular flexibility index (Phi) is 5.90. The third kappa shape index (κ3) is 5.95. The van der Waals surface area contributed by atoms with Crippen LogP contribution < -0.4 is 16.8 Å². The van der Waals surface area contributed by atoms with E-state index in [9.17, 15) is 9.59 Å². The molecule has 5 nitrogen and oxygen atoms in total. The van der Waals surface area contributed by atoms with Gasteiger partial charge in [-0.1, -0.05) is 39.0 Å². The smallest absolute Gasteiger partial charge is 0.228 e. The molecule has 0 aliphatic heterocycles. The van der Waals surface area contributed by atoms with E-state index in [0.717, 1.165) is 0 Å². The lowest BCUT2D eigenvalue weighted by atomic mass is 9.84. The van der Waals surface area contributed by atoms with Gasteiger partial charge in [0.2, 0.25) is 11.8 Å². The Balaban J connectivity index is 2.84. The van der Waals surface area contributed by atoms with Crippen molar-refractivity contribution >= 4 is 17.5 Å². The van der Waals surface area contributed by atoms with Crippen LogP contribution in [0, 0.1) is 11.3 Å². The third-order valence-electron chi connectivity index (χ3n) is 3.15. The summed E-state index contributed by atoms with van der Waals surface area (Å²) in [5.74, 6) is -0.808. The highest BCUT2D eigenvalue weighted by Crippen LogP contribution is 2.25. The Morgan fingerprint density at radius 2 is 1.86 bits per heavy atom. The highest BCUT2D eigenvalue weighted by molar-refractivity contribution is 5.94. The van der Waals surface area contributed by atoms with E-state index in [4.69, 9.17) is 11.5 Å². The minimum atomic E-state index is -0.429. The van der Waals surface area contributed by atoms with Gasteiger partial charge in [0.1, 0.15) is 0 Å². The molecule has 1 aromatic rings. The highest BCUT2D eigenvalue weighted by atomic mass is 16.2. The van der Waals surface area contributed by atoms with Gasteiger partial charge in [-0.15, -0.1) is 0 Å². The zero-order chi connectivity index (χ0) is 16.0. The predicted octanol–water partition coefficient (Wildman–Crippen LogP) is 1.66. The van der Waals surface area contributed by atoms with Crippen molar-refractivity contribution in [3.63, 3.8) is 0 Å². The Bertz CT molecular complexity index is 506. The van der Waals surface area contributed by atoms with Crippen molar-refractivity contribution in [2.24, 2.45) is 22.8 Å². The molecule has 0 heterocycles. The molecule has 0 aromatic heterocycles. The van der Waals surface area contributed by atoms with Gasteiger partial charge in [0.25, 0.3) is 0 Å². The summed E-state index contributed by atoms with van der Waals surface area (Å²) >= 11 is 0. The van der Waals surface area contributed by atoms with E-state index < -0.39 is 5.91 Å². The Morgan fingerprint density at radius 1 is 1.24 bits per heavy atom. The topological polar surface area (TPSA) is 98.2 Å². The molecule has 1 rings (SSSR count). The first-order valence-corrected chi connectivity index (χ1v) is 7.10. The van der Waals surface area contributed by atoms with E-state index in [1.54, 1.807) is 18.2 Å². The highest BCUT2D eigenvalue weighted by Gasteiger charge is 2.24. The first kappa shape index (κ1) is 17.2. The first-order chi connectivity index (χ1) is 9.73. The van der Waals surface area contributed by atoms with Crippen LogP contribution in [0.1, 0.15) is 32.8 Å². The van der Waals surface area contributed by atoms with Crippen molar-refractivity contribution < 1.29 is 9.59 Å². The molecule has 0 fully saturated rings. The number of hydrogen-bond donors (Lipinski definition) is 3. The molecule has 0 aliphatic carbocycles. The van der Waals surface area contributed by atoms with E-state index in [1.807, 2.05) is 6.07 Å². The molecule has 116 valence electrons. The van der Waals surface area contributed by atoms with Crippen molar-refractivity contribution in [3.05, 3.63) is 29.8 Å². The molecule has 1 aromatic carbocycles. The van der Waals surface area contributed by atoms with Gasteiger partial charge in [0.15, 0.2) is 0 Å². The van der Waals surface area contributed by atoms with Gasteiger partial charge in [-0.2, -0.15) is 0 Å². The summed E-state index contributed by atoms with van der Waals surface area (Å²) < 4.78 is 0. The SMILES string of the molecule is CC(C)(C)CC(CN)C(=O)Nc1ccccc1CC(N)=O. The standard InChI is InChI=1S/C16H25N3O2/c1-16(2,3)9-12(10-17)15(21)19-13-7-5-4-6-11(13)8-14(18)20/h4-7,12H,8-10,17H2,1-3H3,(H2,18,20)(H,19,21). The summed E-state index contributed by atoms with van der Waals surface area (Å²) in [6.07, 6.45) is 0.802. The minimum Gasteiger partial charge on any atom is -0.369 e. The lowest BCUT2D eigenvalue weighted by molar-refractivity contribution is -0.120. The number of carbonyl (C=O) groups excluding carboxylic acids is 2. The second kappa shape index (κ2) is 7.22. The van der Waals surface area contributed by atoms with E-state index >= 15 is 0 Å². The Hall–Kier alpha value is -1.88. The number of carbonyl (C=O) groups is 2. The van der Waals surface area contributed by atoms with Gasteiger partial charge in [0.05, 0.1) is 12.3 Å². The van der Waals surface area contributed by atoms with Gasteiger partial charge >= 0.3 is 0 Å². The number of anilines is 1. The van der Waals surface area contributed by atoms with Crippen molar-refractivity contribution in [2.75, 3.05) is 11.9 Å². The van der Waals surface area contributed by atoms with Crippen LogP contribution >= 0.6 is 0 Å². The first-order valence-electron chi connectivity index (χ1n) is 7.10. The molecular weight excluding hydrogens is 266 g/mol. The van der Waals surface area contributed by atoms with Gasteiger partial charge in [-0.3, -0.25) is 9.59 Å².